The molecule has 6 heteroatoms. The standard InChI is InChI=1S/C29H24BrN3O2/c1-2-31-29(35)33-26-16-24(25(30)17-32-26)28(34)27-20(14-18-8-4-3-5-9-18)12-13-22-21-11-7-6-10-19(21)15-23(22)27/h3-13,16-17H,2,14-15H2,1H3,(H2,31,32,33,35). The Morgan fingerprint density at radius 1 is 0.971 bits per heavy atom. The smallest absolute Gasteiger partial charge is 0.320 e. The lowest BCUT2D eigenvalue weighted by Gasteiger charge is -2.16. The highest BCUT2D eigenvalue weighted by molar-refractivity contribution is 9.10. The Bertz CT molecular complexity index is 1430. The molecule has 1 heterocycles. The summed E-state index contributed by atoms with van der Waals surface area (Å²) < 4.78 is 0.586. The molecule has 3 aromatic carbocycles. The average Bonchev–Trinajstić information content (AvgIpc) is 3.24. The predicted molar refractivity (Wildman–Crippen MR) is 142 cm³/mol. The summed E-state index contributed by atoms with van der Waals surface area (Å²) in [6.45, 7) is 2.33. The minimum absolute atomic E-state index is 0.0891. The quantitative estimate of drug-likeness (QED) is 0.252. The Morgan fingerprint density at radius 2 is 1.74 bits per heavy atom. The van der Waals surface area contributed by atoms with E-state index in [9.17, 15) is 9.59 Å². The van der Waals surface area contributed by atoms with Crippen molar-refractivity contribution in [3.8, 4) is 11.1 Å². The molecule has 0 fully saturated rings. The highest BCUT2D eigenvalue weighted by atomic mass is 79.9. The summed E-state index contributed by atoms with van der Waals surface area (Å²) in [5.74, 6) is 0.233. The number of urea groups is 1. The number of nitrogens with one attached hydrogen (secondary N) is 2. The summed E-state index contributed by atoms with van der Waals surface area (Å²) in [6, 6.07) is 24.0. The van der Waals surface area contributed by atoms with Gasteiger partial charge >= 0.3 is 6.03 Å². The molecule has 0 spiro atoms. The van der Waals surface area contributed by atoms with Crippen molar-refractivity contribution in [3.05, 3.63) is 117 Å². The number of carbonyl (C=O) groups excluding carboxylic acids is 2. The highest BCUT2D eigenvalue weighted by Gasteiger charge is 2.28. The number of benzene rings is 3. The van der Waals surface area contributed by atoms with Gasteiger partial charge < -0.3 is 5.32 Å². The fourth-order valence-corrected chi connectivity index (χ4v) is 5.04. The highest BCUT2D eigenvalue weighted by Crippen LogP contribution is 2.41. The van der Waals surface area contributed by atoms with E-state index >= 15 is 0 Å². The third kappa shape index (κ3) is 4.62. The van der Waals surface area contributed by atoms with Crippen LogP contribution in [-0.4, -0.2) is 23.3 Å². The second-order valence-corrected chi connectivity index (χ2v) is 9.34. The average molecular weight is 526 g/mol. The molecule has 4 aromatic rings. The second-order valence-electron chi connectivity index (χ2n) is 8.49. The molecule has 2 N–H and O–H groups in total. The number of aromatic nitrogens is 1. The number of hydrogen-bond donors (Lipinski definition) is 2. The van der Waals surface area contributed by atoms with Gasteiger partial charge in [0.1, 0.15) is 5.82 Å². The van der Waals surface area contributed by atoms with Crippen LogP contribution < -0.4 is 10.6 Å². The molecule has 0 unspecified atom stereocenters. The van der Waals surface area contributed by atoms with Crippen molar-refractivity contribution >= 4 is 33.6 Å². The third-order valence-electron chi connectivity index (χ3n) is 6.22. The summed E-state index contributed by atoms with van der Waals surface area (Å²) in [6.07, 6.45) is 2.92. The van der Waals surface area contributed by atoms with Gasteiger partial charge in [-0.15, -0.1) is 0 Å². The molecule has 0 atom stereocenters. The number of nitrogens with zero attached hydrogens (tertiary/aromatic N) is 1. The number of halogens is 1. The number of ketones is 1. The molecule has 0 bridgehead atoms. The van der Waals surface area contributed by atoms with Gasteiger partial charge in [-0.05, 0) is 75.1 Å². The Morgan fingerprint density at radius 3 is 2.54 bits per heavy atom. The molecule has 1 aliphatic carbocycles. The third-order valence-corrected chi connectivity index (χ3v) is 6.85. The van der Waals surface area contributed by atoms with Gasteiger partial charge in [-0.3, -0.25) is 10.1 Å². The fourth-order valence-electron chi connectivity index (χ4n) is 4.64. The lowest BCUT2D eigenvalue weighted by atomic mass is 9.88. The second kappa shape index (κ2) is 9.84. The Labute approximate surface area is 212 Å². The number of carbonyl (C=O) groups is 2. The van der Waals surface area contributed by atoms with Gasteiger partial charge in [0.25, 0.3) is 0 Å². The van der Waals surface area contributed by atoms with Crippen molar-refractivity contribution in [2.45, 2.75) is 19.8 Å². The van der Waals surface area contributed by atoms with Crippen molar-refractivity contribution < 1.29 is 9.59 Å². The first kappa shape index (κ1) is 23.0. The minimum Gasteiger partial charge on any atom is -0.338 e. The van der Waals surface area contributed by atoms with E-state index in [1.807, 2.05) is 37.3 Å². The van der Waals surface area contributed by atoms with Crippen molar-refractivity contribution in [2.75, 3.05) is 11.9 Å². The zero-order chi connectivity index (χ0) is 24.4. The zero-order valence-corrected chi connectivity index (χ0v) is 20.9. The Balaban J connectivity index is 1.61. The van der Waals surface area contributed by atoms with Crippen LogP contribution in [0.3, 0.4) is 0 Å². The van der Waals surface area contributed by atoms with Gasteiger partial charge in [0.05, 0.1) is 0 Å². The monoisotopic (exact) mass is 525 g/mol. The maximum atomic E-state index is 14.2. The largest absolute Gasteiger partial charge is 0.338 e. The van der Waals surface area contributed by atoms with Gasteiger partial charge in [0.15, 0.2) is 5.78 Å². The van der Waals surface area contributed by atoms with Gasteiger partial charge in [-0.1, -0.05) is 66.7 Å². The number of anilines is 1. The normalized spacial score (nSPS) is 11.5. The summed E-state index contributed by atoms with van der Waals surface area (Å²) in [7, 11) is 0. The van der Waals surface area contributed by atoms with Crippen LogP contribution in [-0.2, 0) is 12.8 Å². The van der Waals surface area contributed by atoms with E-state index in [1.54, 1.807) is 12.3 Å². The molecule has 1 aliphatic rings. The van der Waals surface area contributed by atoms with Crippen LogP contribution in [0.15, 0.2) is 83.5 Å². The first-order valence-electron chi connectivity index (χ1n) is 11.6. The van der Waals surface area contributed by atoms with Crippen LogP contribution in [0.2, 0.25) is 0 Å². The van der Waals surface area contributed by atoms with E-state index in [0.29, 0.717) is 35.2 Å². The van der Waals surface area contributed by atoms with Crippen LogP contribution in [0.1, 0.15) is 45.1 Å². The maximum Gasteiger partial charge on any atom is 0.320 e. The van der Waals surface area contributed by atoms with Gasteiger partial charge in [0, 0.05) is 28.3 Å². The van der Waals surface area contributed by atoms with Crippen LogP contribution in [0.4, 0.5) is 10.6 Å². The van der Waals surface area contributed by atoms with Crippen LogP contribution in [0.25, 0.3) is 11.1 Å². The fraction of sp³-hybridized carbons (Fsp3) is 0.138. The molecular weight excluding hydrogens is 502 g/mol. The summed E-state index contributed by atoms with van der Waals surface area (Å²) in [5.41, 5.74) is 7.86. The molecule has 0 aliphatic heterocycles. The lowest BCUT2D eigenvalue weighted by molar-refractivity contribution is 0.103. The van der Waals surface area contributed by atoms with Crippen molar-refractivity contribution in [1.29, 1.82) is 0 Å². The molecule has 0 saturated heterocycles. The number of rotatable bonds is 6. The van der Waals surface area contributed by atoms with Crippen molar-refractivity contribution in [1.82, 2.24) is 10.3 Å². The van der Waals surface area contributed by atoms with Crippen LogP contribution in [0.5, 0.6) is 0 Å². The summed E-state index contributed by atoms with van der Waals surface area (Å²) in [4.78, 5) is 30.5. The lowest BCUT2D eigenvalue weighted by Crippen LogP contribution is -2.28. The minimum atomic E-state index is -0.360. The van der Waals surface area contributed by atoms with Crippen LogP contribution >= 0.6 is 15.9 Å². The summed E-state index contributed by atoms with van der Waals surface area (Å²) in [5, 5.41) is 5.39. The van der Waals surface area contributed by atoms with E-state index < -0.39 is 0 Å². The summed E-state index contributed by atoms with van der Waals surface area (Å²) >= 11 is 3.51. The zero-order valence-electron chi connectivity index (χ0n) is 19.3. The number of pyridine rings is 1. The Hall–Kier alpha value is -3.77. The molecule has 174 valence electrons. The van der Waals surface area contributed by atoms with Crippen molar-refractivity contribution in [2.24, 2.45) is 0 Å². The van der Waals surface area contributed by atoms with Crippen LogP contribution in [0, 0.1) is 0 Å². The van der Waals surface area contributed by atoms with E-state index in [2.05, 4.69) is 67.9 Å². The molecule has 35 heavy (non-hydrogen) atoms. The van der Waals surface area contributed by atoms with Crippen molar-refractivity contribution in [3.63, 3.8) is 0 Å². The van der Waals surface area contributed by atoms with E-state index in [0.717, 1.165) is 27.8 Å². The number of hydrogen-bond acceptors (Lipinski definition) is 3. The SMILES string of the molecule is CCNC(=O)Nc1cc(C(=O)c2c(Cc3ccccc3)ccc3c2Cc2ccccc2-3)c(Br)cn1. The molecule has 0 radical (unpaired) electrons. The van der Waals surface area contributed by atoms with Gasteiger partial charge in [-0.2, -0.15) is 0 Å². The van der Waals surface area contributed by atoms with E-state index in [1.165, 1.54) is 11.1 Å². The Kier molecular flexibility index (Phi) is 6.47. The van der Waals surface area contributed by atoms with E-state index in [-0.39, 0.29) is 11.8 Å². The molecule has 1 aromatic heterocycles. The topological polar surface area (TPSA) is 71.1 Å². The number of amides is 2. The number of fused-ring (bicyclic) bond motifs is 3. The molecular formula is C29H24BrN3O2. The van der Waals surface area contributed by atoms with Gasteiger partial charge in [-0.25, -0.2) is 9.78 Å². The van der Waals surface area contributed by atoms with Gasteiger partial charge in [0.2, 0.25) is 0 Å². The molecule has 0 saturated carbocycles. The first-order valence-corrected chi connectivity index (χ1v) is 12.4. The first-order chi connectivity index (χ1) is 17.0. The molecule has 5 nitrogen and oxygen atoms in total. The predicted octanol–water partition coefficient (Wildman–Crippen LogP) is 6.38. The maximum absolute atomic E-state index is 14.2. The molecule has 5 rings (SSSR count). The molecule has 2 amide bonds. The van der Waals surface area contributed by atoms with E-state index in [4.69, 9.17) is 0 Å².